The zero-order chi connectivity index (χ0) is 22.6. The minimum atomic E-state index is -0.286. The Morgan fingerprint density at radius 2 is 1.50 bits per heavy atom. The lowest BCUT2D eigenvalue weighted by Gasteiger charge is -2.18. The van der Waals surface area contributed by atoms with Crippen LogP contribution in [0.5, 0.6) is 5.75 Å². The quantitative estimate of drug-likeness (QED) is 0.441. The SMILES string of the molecule is CCNC(=O)COc1cccc(NC(=O)NCCC(c2ccccc2)c2ccccc2)c1. The summed E-state index contributed by atoms with van der Waals surface area (Å²) in [7, 11) is 0. The Morgan fingerprint density at radius 1 is 0.844 bits per heavy atom. The standard InChI is InChI=1S/C26H29N3O3/c1-2-27-25(30)19-32-23-15-9-14-22(18-23)29-26(31)28-17-16-24(20-10-5-3-6-11-20)21-12-7-4-8-13-21/h3-15,18,24H,2,16-17,19H2,1H3,(H,27,30)(H2,28,29,31). The molecular formula is C26H29N3O3. The number of hydrogen-bond acceptors (Lipinski definition) is 3. The van der Waals surface area contributed by atoms with Crippen LogP contribution in [0.15, 0.2) is 84.9 Å². The molecule has 0 spiro atoms. The van der Waals surface area contributed by atoms with Gasteiger partial charge in [-0.15, -0.1) is 0 Å². The van der Waals surface area contributed by atoms with Crippen LogP contribution in [0.3, 0.4) is 0 Å². The summed E-state index contributed by atoms with van der Waals surface area (Å²) in [6, 6.07) is 27.3. The van der Waals surface area contributed by atoms with Gasteiger partial charge < -0.3 is 20.7 Å². The first kappa shape index (κ1) is 22.9. The Balaban J connectivity index is 1.53. The summed E-state index contributed by atoms with van der Waals surface area (Å²) < 4.78 is 5.47. The van der Waals surface area contributed by atoms with Gasteiger partial charge in [0.2, 0.25) is 0 Å². The third-order valence-corrected chi connectivity index (χ3v) is 4.96. The molecule has 3 N–H and O–H groups in total. The molecule has 0 atom stereocenters. The predicted octanol–water partition coefficient (Wildman–Crippen LogP) is 4.55. The Morgan fingerprint density at radius 3 is 2.12 bits per heavy atom. The van der Waals surface area contributed by atoms with Crippen molar-refractivity contribution in [2.75, 3.05) is 25.0 Å². The van der Waals surface area contributed by atoms with Gasteiger partial charge in [0.1, 0.15) is 5.75 Å². The summed E-state index contributed by atoms with van der Waals surface area (Å²) in [5.41, 5.74) is 3.04. The van der Waals surface area contributed by atoms with Crippen LogP contribution >= 0.6 is 0 Å². The molecule has 0 heterocycles. The lowest BCUT2D eigenvalue weighted by Crippen LogP contribution is -2.30. The first-order valence-electron chi connectivity index (χ1n) is 10.8. The molecule has 32 heavy (non-hydrogen) atoms. The van der Waals surface area contributed by atoms with E-state index in [1.807, 2.05) is 43.3 Å². The van der Waals surface area contributed by atoms with Crippen LogP contribution in [0.25, 0.3) is 0 Å². The smallest absolute Gasteiger partial charge is 0.319 e. The normalized spacial score (nSPS) is 10.4. The van der Waals surface area contributed by atoms with Crippen molar-refractivity contribution in [1.29, 1.82) is 0 Å². The second-order valence-corrected chi connectivity index (χ2v) is 7.31. The van der Waals surface area contributed by atoms with Gasteiger partial charge in [0.15, 0.2) is 6.61 Å². The monoisotopic (exact) mass is 431 g/mol. The van der Waals surface area contributed by atoms with Gasteiger partial charge in [-0.3, -0.25) is 4.79 Å². The topological polar surface area (TPSA) is 79.5 Å². The van der Waals surface area contributed by atoms with Gasteiger partial charge >= 0.3 is 6.03 Å². The van der Waals surface area contributed by atoms with Crippen molar-refractivity contribution in [3.8, 4) is 5.75 Å². The average Bonchev–Trinajstić information content (AvgIpc) is 2.82. The van der Waals surface area contributed by atoms with Crippen LogP contribution in [0.2, 0.25) is 0 Å². The van der Waals surface area contributed by atoms with Crippen LogP contribution < -0.4 is 20.7 Å². The van der Waals surface area contributed by atoms with E-state index in [0.717, 1.165) is 6.42 Å². The molecule has 0 fully saturated rings. The highest BCUT2D eigenvalue weighted by molar-refractivity contribution is 5.89. The number of ether oxygens (including phenoxy) is 1. The van der Waals surface area contributed by atoms with E-state index in [-0.39, 0.29) is 24.5 Å². The molecule has 0 saturated carbocycles. The summed E-state index contributed by atoms with van der Waals surface area (Å²) in [6.07, 6.45) is 0.775. The molecule has 0 bridgehead atoms. The molecule has 3 rings (SSSR count). The van der Waals surface area contributed by atoms with Crippen molar-refractivity contribution >= 4 is 17.6 Å². The van der Waals surface area contributed by atoms with E-state index in [1.165, 1.54) is 11.1 Å². The molecule has 0 aliphatic heterocycles. The van der Waals surface area contributed by atoms with Gasteiger partial charge in [-0.2, -0.15) is 0 Å². The summed E-state index contributed by atoms with van der Waals surface area (Å²) in [5.74, 6) is 0.529. The molecule has 0 aliphatic carbocycles. The number of anilines is 1. The second-order valence-electron chi connectivity index (χ2n) is 7.31. The molecule has 0 saturated heterocycles. The zero-order valence-corrected chi connectivity index (χ0v) is 18.2. The van der Waals surface area contributed by atoms with E-state index in [4.69, 9.17) is 4.74 Å². The number of amides is 3. The third kappa shape index (κ3) is 7.16. The van der Waals surface area contributed by atoms with Crippen molar-refractivity contribution < 1.29 is 14.3 Å². The van der Waals surface area contributed by atoms with Crippen molar-refractivity contribution in [3.05, 3.63) is 96.1 Å². The largest absolute Gasteiger partial charge is 0.484 e. The van der Waals surface area contributed by atoms with Gasteiger partial charge in [0, 0.05) is 30.8 Å². The fraction of sp³-hybridized carbons (Fsp3) is 0.231. The second kappa shape index (κ2) is 12.2. The number of likely N-dealkylation sites (N-methyl/N-ethyl adjacent to an activating group) is 1. The molecule has 6 heteroatoms. The Bertz CT molecular complexity index is 954. The summed E-state index contributed by atoms with van der Waals surface area (Å²) in [5, 5.41) is 8.43. The fourth-order valence-corrected chi connectivity index (χ4v) is 3.46. The number of hydrogen-bond donors (Lipinski definition) is 3. The van der Waals surface area contributed by atoms with Crippen molar-refractivity contribution in [1.82, 2.24) is 10.6 Å². The van der Waals surface area contributed by atoms with Crippen LogP contribution in [0.1, 0.15) is 30.4 Å². The molecule has 3 aromatic rings. The Labute approximate surface area is 189 Å². The highest BCUT2D eigenvalue weighted by Gasteiger charge is 2.14. The number of nitrogens with one attached hydrogen (secondary N) is 3. The van der Waals surface area contributed by atoms with E-state index in [1.54, 1.807) is 24.3 Å². The van der Waals surface area contributed by atoms with E-state index in [2.05, 4.69) is 40.2 Å². The molecule has 0 aromatic heterocycles. The van der Waals surface area contributed by atoms with Gasteiger partial charge in [-0.25, -0.2) is 4.79 Å². The highest BCUT2D eigenvalue weighted by atomic mass is 16.5. The van der Waals surface area contributed by atoms with Crippen molar-refractivity contribution in [3.63, 3.8) is 0 Å². The minimum absolute atomic E-state index is 0.0656. The Hall–Kier alpha value is -3.80. The first-order chi connectivity index (χ1) is 15.7. The molecular weight excluding hydrogens is 402 g/mol. The lowest BCUT2D eigenvalue weighted by molar-refractivity contribution is -0.122. The van der Waals surface area contributed by atoms with Crippen LogP contribution in [-0.2, 0) is 4.79 Å². The molecule has 0 radical (unpaired) electrons. The number of benzene rings is 3. The summed E-state index contributed by atoms with van der Waals surface area (Å²) >= 11 is 0. The Kier molecular flexibility index (Phi) is 8.69. The van der Waals surface area contributed by atoms with E-state index >= 15 is 0 Å². The minimum Gasteiger partial charge on any atom is -0.484 e. The van der Waals surface area contributed by atoms with Gasteiger partial charge in [-0.1, -0.05) is 66.7 Å². The van der Waals surface area contributed by atoms with Crippen LogP contribution in [0, 0.1) is 0 Å². The number of carbonyl (C=O) groups is 2. The van der Waals surface area contributed by atoms with E-state index in [0.29, 0.717) is 24.5 Å². The predicted molar refractivity (Wildman–Crippen MR) is 127 cm³/mol. The van der Waals surface area contributed by atoms with E-state index in [9.17, 15) is 9.59 Å². The average molecular weight is 432 g/mol. The number of rotatable bonds is 10. The maximum atomic E-state index is 12.4. The van der Waals surface area contributed by atoms with Gasteiger partial charge in [0.25, 0.3) is 5.91 Å². The maximum absolute atomic E-state index is 12.4. The molecule has 166 valence electrons. The van der Waals surface area contributed by atoms with Crippen molar-refractivity contribution in [2.24, 2.45) is 0 Å². The van der Waals surface area contributed by atoms with Gasteiger partial charge in [0.05, 0.1) is 0 Å². The number of urea groups is 1. The molecule has 3 amide bonds. The maximum Gasteiger partial charge on any atom is 0.319 e. The van der Waals surface area contributed by atoms with Gasteiger partial charge in [-0.05, 0) is 36.6 Å². The molecule has 0 aliphatic rings. The highest BCUT2D eigenvalue weighted by Crippen LogP contribution is 2.27. The lowest BCUT2D eigenvalue weighted by atomic mass is 9.88. The third-order valence-electron chi connectivity index (χ3n) is 4.96. The van der Waals surface area contributed by atoms with Crippen molar-refractivity contribution in [2.45, 2.75) is 19.3 Å². The summed E-state index contributed by atoms with van der Waals surface area (Å²) in [6.45, 7) is 2.86. The van der Waals surface area contributed by atoms with E-state index < -0.39 is 0 Å². The first-order valence-corrected chi connectivity index (χ1v) is 10.8. The van der Waals surface area contributed by atoms with Crippen LogP contribution in [-0.4, -0.2) is 31.6 Å². The number of carbonyl (C=O) groups excluding carboxylic acids is 2. The van der Waals surface area contributed by atoms with Crippen LogP contribution in [0.4, 0.5) is 10.5 Å². The molecule has 0 unspecified atom stereocenters. The summed E-state index contributed by atoms with van der Waals surface area (Å²) in [4.78, 5) is 23.9. The zero-order valence-electron chi connectivity index (χ0n) is 18.2. The molecule has 3 aromatic carbocycles. The molecule has 6 nitrogen and oxygen atoms in total. The fourth-order valence-electron chi connectivity index (χ4n) is 3.46.